The normalized spacial score (nSPS) is 10.3. The van der Waals surface area contributed by atoms with Gasteiger partial charge in [-0.05, 0) is 36.5 Å². The molecule has 0 aliphatic carbocycles. The first-order valence-corrected chi connectivity index (χ1v) is 6.46. The second-order valence-corrected chi connectivity index (χ2v) is 4.78. The summed E-state index contributed by atoms with van der Waals surface area (Å²) in [6, 6.07) is 5.90. The summed E-state index contributed by atoms with van der Waals surface area (Å²) in [7, 11) is 0. The fourth-order valence-corrected chi connectivity index (χ4v) is 1.88. The zero-order valence-electron chi connectivity index (χ0n) is 9.45. The van der Waals surface area contributed by atoms with Gasteiger partial charge in [-0.3, -0.25) is 0 Å². The molecule has 0 fully saturated rings. The predicted octanol–water partition coefficient (Wildman–Crippen LogP) is 3.10. The van der Waals surface area contributed by atoms with Crippen LogP contribution in [0.15, 0.2) is 18.2 Å². The number of benzene rings is 1. The highest BCUT2D eigenvalue weighted by Gasteiger charge is 2.01. The van der Waals surface area contributed by atoms with Gasteiger partial charge in [0.05, 0.1) is 12.3 Å². The summed E-state index contributed by atoms with van der Waals surface area (Å²) in [6.45, 7) is 4.92. The highest BCUT2D eigenvalue weighted by Crippen LogP contribution is 2.24. The maximum Gasteiger partial charge on any atom is 0.142 e. The largest absolute Gasteiger partial charge is 0.491 e. The Kier molecular flexibility index (Phi) is 5.40. The van der Waals surface area contributed by atoms with Crippen molar-refractivity contribution in [2.45, 2.75) is 20.3 Å². The number of rotatable bonds is 6. The average molecular weight is 225 g/mol. The first-order chi connectivity index (χ1) is 7.25. The monoisotopic (exact) mass is 225 g/mol. The number of hydrogen-bond acceptors (Lipinski definition) is 3. The van der Waals surface area contributed by atoms with Crippen LogP contribution in [-0.4, -0.2) is 18.1 Å². The van der Waals surface area contributed by atoms with E-state index in [1.54, 1.807) is 0 Å². The lowest BCUT2D eigenvalue weighted by atomic mass is 10.2. The average Bonchev–Trinajstić information content (AvgIpc) is 2.24. The van der Waals surface area contributed by atoms with Crippen molar-refractivity contribution >= 4 is 17.4 Å². The Labute approximate surface area is 96.2 Å². The van der Waals surface area contributed by atoms with Gasteiger partial charge in [-0.1, -0.05) is 19.1 Å². The summed E-state index contributed by atoms with van der Waals surface area (Å²) in [4.78, 5) is 0. The summed E-state index contributed by atoms with van der Waals surface area (Å²) in [5, 5.41) is 0. The third kappa shape index (κ3) is 4.04. The van der Waals surface area contributed by atoms with E-state index in [9.17, 15) is 0 Å². The topological polar surface area (TPSA) is 35.2 Å². The van der Waals surface area contributed by atoms with Crippen LogP contribution >= 0.6 is 11.8 Å². The molecular formula is C12H19NOS. The molecule has 0 heterocycles. The van der Waals surface area contributed by atoms with E-state index in [2.05, 4.69) is 6.92 Å². The van der Waals surface area contributed by atoms with Crippen LogP contribution in [-0.2, 0) is 0 Å². The molecule has 0 saturated heterocycles. The van der Waals surface area contributed by atoms with Crippen LogP contribution in [0.4, 0.5) is 5.69 Å². The molecule has 0 amide bonds. The maximum atomic E-state index is 5.89. The summed E-state index contributed by atoms with van der Waals surface area (Å²) < 4.78 is 5.63. The Morgan fingerprint density at radius 1 is 1.40 bits per heavy atom. The van der Waals surface area contributed by atoms with Gasteiger partial charge in [-0.15, -0.1) is 0 Å². The second kappa shape index (κ2) is 6.62. The quantitative estimate of drug-likeness (QED) is 0.597. The van der Waals surface area contributed by atoms with E-state index in [0.29, 0.717) is 0 Å². The van der Waals surface area contributed by atoms with Gasteiger partial charge >= 0.3 is 0 Å². The highest BCUT2D eigenvalue weighted by atomic mass is 32.2. The third-order valence-electron chi connectivity index (χ3n) is 2.18. The minimum Gasteiger partial charge on any atom is -0.491 e. The third-order valence-corrected chi connectivity index (χ3v) is 3.16. The van der Waals surface area contributed by atoms with Crippen LogP contribution in [0.3, 0.4) is 0 Å². The molecule has 2 nitrogen and oxygen atoms in total. The minimum atomic E-state index is 0.751. The van der Waals surface area contributed by atoms with Crippen molar-refractivity contribution in [2.24, 2.45) is 0 Å². The Morgan fingerprint density at radius 2 is 2.20 bits per heavy atom. The van der Waals surface area contributed by atoms with Crippen molar-refractivity contribution < 1.29 is 4.74 Å². The number of ether oxygens (including phenoxy) is 1. The van der Waals surface area contributed by atoms with Gasteiger partial charge in [-0.25, -0.2) is 0 Å². The van der Waals surface area contributed by atoms with Crippen LogP contribution in [0, 0.1) is 6.92 Å². The number of thioether (sulfide) groups is 1. The molecule has 0 saturated carbocycles. The number of para-hydroxylation sites is 1. The Hall–Kier alpha value is -0.830. The zero-order valence-corrected chi connectivity index (χ0v) is 10.3. The lowest BCUT2D eigenvalue weighted by Gasteiger charge is -2.10. The van der Waals surface area contributed by atoms with E-state index in [4.69, 9.17) is 10.5 Å². The minimum absolute atomic E-state index is 0.751. The van der Waals surface area contributed by atoms with Crippen molar-refractivity contribution in [3.8, 4) is 5.75 Å². The zero-order chi connectivity index (χ0) is 11.1. The van der Waals surface area contributed by atoms with Crippen molar-refractivity contribution in [3.63, 3.8) is 0 Å². The molecule has 1 aromatic rings. The predicted molar refractivity (Wildman–Crippen MR) is 68.7 cm³/mol. The van der Waals surface area contributed by atoms with Gasteiger partial charge in [-0.2, -0.15) is 11.8 Å². The first-order valence-electron chi connectivity index (χ1n) is 5.31. The van der Waals surface area contributed by atoms with E-state index in [1.165, 1.54) is 5.75 Å². The van der Waals surface area contributed by atoms with Crippen LogP contribution in [0.5, 0.6) is 5.75 Å². The molecule has 0 aliphatic heterocycles. The van der Waals surface area contributed by atoms with Crippen molar-refractivity contribution in [1.29, 1.82) is 0 Å². The molecule has 0 spiro atoms. The Morgan fingerprint density at radius 3 is 2.93 bits per heavy atom. The number of anilines is 1. The van der Waals surface area contributed by atoms with Crippen LogP contribution in [0.1, 0.15) is 18.9 Å². The van der Waals surface area contributed by atoms with E-state index in [1.807, 2.05) is 36.9 Å². The summed E-state index contributed by atoms with van der Waals surface area (Å²) in [6.07, 6.45) is 1.08. The van der Waals surface area contributed by atoms with Gasteiger partial charge in [0.1, 0.15) is 5.75 Å². The molecule has 0 aromatic heterocycles. The highest BCUT2D eigenvalue weighted by molar-refractivity contribution is 7.99. The molecule has 84 valence electrons. The number of nitrogen functional groups attached to an aromatic ring is 1. The fourth-order valence-electron chi connectivity index (χ4n) is 1.27. The van der Waals surface area contributed by atoms with Crippen LogP contribution in [0.2, 0.25) is 0 Å². The van der Waals surface area contributed by atoms with E-state index in [0.717, 1.165) is 35.8 Å². The van der Waals surface area contributed by atoms with Crippen molar-refractivity contribution in [3.05, 3.63) is 23.8 Å². The van der Waals surface area contributed by atoms with E-state index >= 15 is 0 Å². The van der Waals surface area contributed by atoms with Gasteiger partial charge in [0.2, 0.25) is 0 Å². The first kappa shape index (κ1) is 12.2. The molecule has 0 radical (unpaired) electrons. The van der Waals surface area contributed by atoms with Crippen LogP contribution in [0.25, 0.3) is 0 Å². The molecule has 0 unspecified atom stereocenters. The second-order valence-electron chi connectivity index (χ2n) is 3.39. The van der Waals surface area contributed by atoms with Gasteiger partial charge < -0.3 is 10.5 Å². The summed E-state index contributed by atoms with van der Waals surface area (Å²) in [5.74, 6) is 3.14. The molecule has 15 heavy (non-hydrogen) atoms. The standard InChI is InChI=1S/C12H19NOS/c1-3-15-9-5-8-14-11-7-4-6-10(2)12(11)13/h4,6-7H,3,5,8-9,13H2,1-2H3. The van der Waals surface area contributed by atoms with E-state index in [-0.39, 0.29) is 0 Å². The molecule has 2 N–H and O–H groups in total. The molecule has 3 heteroatoms. The maximum absolute atomic E-state index is 5.89. The SMILES string of the molecule is CCSCCCOc1cccc(C)c1N. The fraction of sp³-hybridized carbons (Fsp3) is 0.500. The molecule has 0 bridgehead atoms. The summed E-state index contributed by atoms with van der Waals surface area (Å²) in [5.41, 5.74) is 7.74. The van der Waals surface area contributed by atoms with Gasteiger partial charge in [0.25, 0.3) is 0 Å². The lowest BCUT2D eigenvalue weighted by molar-refractivity contribution is 0.320. The van der Waals surface area contributed by atoms with Crippen molar-refractivity contribution in [2.75, 3.05) is 23.8 Å². The summed E-state index contributed by atoms with van der Waals surface area (Å²) >= 11 is 1.94. The Bertz CT molecular complexity index is 302. The van der Waals surface area contributed by atoms with E-state index < -0.39 is 0 Å². The molecular weight excluding hydrogens is 206 g/mol. The van der Waals surface area contributed by atoms with Gasteiger partial charge in [0, 0.05) is 0 Å². The molecule has 0 aliphatic rings. The number of nitrogens with two attached hydrogens (primary N) is 1. The molecule has 1 rings (SSSR count). The molecule has 1 aromatic carbocycles. The smallest absolute Gasteiger partial charge is 0.142 e. The number of hydrogen-bond donors (Lipinski definition) is 1. The van der Waals surface area contributed by atoms with Gasteiger partial charge in [0.15, 0.2) is 0 Å². The lowest BCUT2D eigenvalue weighted by Crippen LogP contribution is -2.02. The number of aryl methyl sites for hydroxylation is 1. The van der Waals surface area contributed by atoms with Crippen LogP contribution < -0.4 is 10.5 Å². The Balaban J connectivity index is 2.34. The molecule has 0 atom stereocenters. The van der Waals surface area contributed by atoms with Crippen molar-refractivity contribution in [1.82, 2.24) is 0 Å².